The summed E-state index contributed by atoms with van der Waals surface area (Å²) in [6.45, 7) is 1.93. The van der Waals surface area contributed by atoms with Crippen LogP contribution >= 0.6 is 0 Å². The second kappa shape index (κ2) is 8.48. The first-order valence-corrected chi connectivity index (χ1v) is 9.16. The zero-order chi connectivity index (χ0) is 20.9. The molecular formula is C21H18FN7O. The predicted octanol–water partition coefficient (Wildman–Crippen LogP) is 4.09. The van der Waals surface area contributed by atoms with Crippen molar-refractivity contribution in [3.63, 3.8) is 0 Å². The van der Waals surface area contributed by atoms with Crippen molar-refractivity contribution in [3.05, 3.63) is 78.6 Å². The third-order valence-electron chi connectivity index (χ3n) is 4.30. The van der Waals surface area contributed by atoms with Gasteiger partial charge in [-0.15, -0.1) is 0 Å². The summed E-state index contributed by atoms with van der Waals surface area (Å²) < 4.78 is 13.2. The minimum Gasteiger partial charge on any atom is -0.493 e. The Hall–Kier alpha value is -4.14. The summed E-state index contributed by atoms with van der Waals surface area (Å²) in [4.78, 5) is 21.1. The average Bonchev–Trinajstić information content (AvgIpc) is 2.75. The normalized spacial score (nSPS) is 11.7. The zero-order valence-corrected chi connectivity index (χ0v) is 16.0. The fourth-order valence-corrected chi connectivity index (χ4v) is 2.82. The third-order valence-corrected chi connectivity index (χ3v) is 4.30. The van der Waals surface area contributed by atoms with Gasteiger partial charge < -0.3 is 15.7 Å². The Morgan fingerprint density at radius 3 is 2.50 bits per heavy atom. The Kier molecular flexibility index (Phi) is 5.42. The molecule has 3 aromatic heterocycles. The highest BCUT2D eigenvalue weighted by atomic mass is 19.1. The number of anilines is 3. The minimum absolute atomic E-state index is 0.108. The van der Waals surface area contributed by atoms with Crippen LogP contribution in [0.25, 0.3) is 11.3 Å². The molecule has 0 aliphatic rings. The topological polar surface area (TPSA) is 109 Å². The molecule has 30 heavy (non-hydrogen) atoms. The molecule has 0 spiro atoms. The lowest BCUT2D eigenvalue weighted by molar-refractivity contribution is 0.454. The van der Waals surface area contributed by atoms with Gasteiger partial charge in [0.15, 0.2) is 0 Å². The van der Waals surface area contributed by atoms with Crippen molar-refractivity contribution in [3.8, 4) is 17.1 Å². The fourth-order valence-electron chi connectivity index (χ4n) is 2.82. The quantitative estimate of drug-likeness (QED) is 0.442. The van der Waals surface area contributed by atoms with Gasteiger partial charge in [-0.05, 0) is 30.7 Å². The number of aromatic hydroxyl groups is 1. The molecule has 3 N–H and O–H groups in total. The number of rotatable bonds is 6. The Bertz CT molecular complexity index is 1140. The van der Waals surface area contributed by atoms with E-state index in [2.05, 4.69) is 35.6 Å². The molecule has 1 aromatic carbocycles. The van der Waals surface area contributed by atoms with Crippen LogP contribution in [0.2, 0.25) is 0 Å². The van der Waals surface area contributed by atoms with Crippen LogP contribution in [0, 0.1) is 5.82 Å². The van der Waals surface area contributed by atoms with Crippen LogP contribution in [-0.2, 0) is 0 Å². The van der Waals surface area contributed by atoms with E-state index in [1.54, 1.807) is 42.9 Å². The summed E-state index contributed by atoms with van der Waals surface area (Å²) >= 11 is 0. The molecule has 0 amide bonds. The van der Waals surface area contributed by atoms with Crippen LogP contribution in [0.3, 0.4) is 0 Å². The lowest BCUT2D eigenvalue weighted by Crippen LogP contribution is -2.11. The SMILES string of the molecule is C[C@H](Nc1nc(Nc2cnccn2)cc(-c2ccnc(O)c2)n1)c1ccc(F)cc1. The van der Waals surface area contributed by atoms with E-state index in [0.29, 0.717) is 28.8 Å². The molecule has 0 saturated carbocycles. The highest BCUT2D eigenvalue weighted by Gasteiger charge is 2.12. The van der Waals surface area contributed by atoms with E-state index in [1.165, 1.54) is 24.4 Å². The maximum Gasteiger partial charge on any atom is 0.225 e. The van der Waals surface area contributed by atoms with Crippen LogP contribution in [0.1, 0.15) is 18.5 Å². The van der Waals surface area contributed by atoms with Crippen LogP contribution in [0.4, 0.5) is 22.0 Å². The second-order valence-corrected chi connectivity index (χ2v) is 6.50. The van der Waals surface area contributed by atoms with Gasteiger partial charge in [-0.2, -0.15) is 4.98 Å². The van der Waals surface area contributed by atoms with E-state index in [0.717, 1.165) is 5.56 Å². The van der Waals surface area contributed by atoms with Crippen molar-refractivity contribution in [2.75, 3.05) is 10.6 Å². The average molecular weight is 403 g/mol. The van der Waals surface area contributed by atoms with Crippen molar-refractivity contribution < 1.29 is 9.50 Å². The zero-order valence-electron chi connectivity index (χ0n) is 16.0. The van der Waals surface area contributed by atoms with Gasteiger partial charge in [0.1, 0.15) is 17.5 Å². The van der Waals surface area contributed by atoms with E-state index >= 15 is 0 Å². The summed E-state index contributed by atoms with van der Waals surface area (Å²) in [5.41, 5.74) is 2.13. The van der Waals surface area contributed by atoms with Gasteiger partial charge in [0.25, 0.3) is 0 Å². The molecule has 4 aromatic rings. The summed E-state index contributed by atoms with van der Waals surface area (Å²) in [5, 5.41) is 16.1. The van der Waals surface area contributed by atoms with Gasteiger partial charge in [-0.3, -0.25) is 4.98 Å². The Labute approximate surface area is 171 Å². The lowest BCUT2D eigenvalue weighted by atomic mass is 10.1. The number of hydrogen-bond acceptors (Lipinski definition) is 8. The first-order valence-electron chi connectivity index (χ1n) is 9.16. The van der Waals surface area contributed by atoms with E-state index in [9.17, 15) is 9.50 Å². The van der Waals surface area contributed by atoms with Gasteiger partial charge in [0, 0.05) is 36.3 Å². The predicted molar refractivity (Wildman–Crippen MR) is 111 cm³/mol. The summed E-state index contributed by atoms with van der Waals surface area (Å²) in [6, 6.07) is 11.0. The Morgan fingerprint density at radius 1 is 0.933 bits per heavy atom. The highest BCUT2D eigenvalue weighted by molar-refractivity contribution is 5.67. The Morgan fingerprint density at radius 2 is 1.77 bits per heavy atom. The first-order chi connectivity index (χ1) is 14.6. The van der Waals surface area contributed by atoms with Crippen LogP contribution in [0.5, 0.6) is 5.88 Å². The van der Waals surface area contributed by atoms with Gasteiger partial charge in [0.2, 0.25) is 11.8 Å². The monoisotopic (exact) mass is 403 g/mol. The van der Waals surface area contributed by atoms with Gasteiger partial charge in [0.05, 0.1) is 17.9 Å². The number of pyridine rings is 1. The maximum absolute atomic E-state index is 13.2. The maximum atomic E-state index is 13.2. The molecule has 0 fully saturated rings. The van der Waals surface area contributed by atoms with Gasteiger partial charge in [-0.1, -0.05) is 12.1 Å². The molecule has 1 atom stereocenters. The molecule has 150 valence electrons. The molecule has 4 rings (SSSR count). The van der Waals surface area contributed by atoms with E-state index in [1.807, 2.05) is 6.92 Å². The molecule has 0 saturated heterocycles. The number of benzene rings is 1. The summed E-state index contributed by atoms with van der Waals surface area (Å²) in [5.74, 6) is 0.968. The van der Waals surface area contributed by atoms with Crippen LogP contribution in [0.15, 0.2) is 67.3 Å². The number of halogens is 1. The molecule has 0 unspecified atom stereocenters. The molecule has 0 aliphatic carbocycles. The standard InChI is InChI=1S/C21H18FN7O/c1-13(14-2-4-16(22)5-3-14)26-21-27-17(15-6-7-25-20(30)10-15)11-18(29-21)28-19-12-23-8-9-24-19/h2-13H,1H3,(H,25,30)(H2,24,26,27,28,29)/t13-/m0/s1. The summed E-state index contributed by atoms with van der Waals surface area (Å²) in [7, 11) is 0. The first kappa shape index (κ1) is 19.2. The van der Waals surface area contributed by atoms with Crippen molar-refractivity contribution in [2.45, 2.75) is 13.0 Å². The van der Waals surface area contributed by atoms with Gasteiger partial charge >= 0.3 is 0 Å². The molecule has 3 heterocycles. The number of aromatic nitrogens is 5. The minimum atomic E-state index is -0.294. The van der Waals surface area contributed by atoms with E-state index in [-0.39, 0.29) is 17.7 Å². The number of hydrogen-bond donors (Lipinski definition) is 3. The second-order valence-electron chi connectivity index (χ2n) is 6.50. The highest BCUT2D eigenvalue weighted by Crippen LogP contribution is 2.26. The fraction of sp³-hybridized carbons (Fsp3) is 0.0952. The molecule has 9 heteroatoms. The number of nitrogens with one attached hydrogen (secondary N) is 2. The van der Waals surface area contributed by atoms with Crippen LogP contribution in [-0.4, -0.2) is 30.0 Å². The molecule has 0 bridgehead atoms. The summed E-state index contributed by atoms with van der Waals surface area (Å²) in [6.07, 6.45) is 6.22. The van der Waals surface area contributed by atoms with Crippen molar-refractivity contribution >= 4 is 17.6 Å². The molecule has 8 nitrogen and oxygen atoms in total. The largest absolute Gasteiger partial charge is 0.493 e. The van der Waals surface area contributed by atoms with Crippen LogP contribution < -0.4 is 10.6 Å². The van der Waals surface area contributed by atoms with Gasteiger partial charge in [-0.25, -0.2) is 19.3 Å². The smallest absolute Gasteiger partial charge is 0.225 e. The van der Waals surface area contributed by atoms with E-state index in [4.69, 9.17) is 0 Å². The number of nitrogens with zero attached hydrogens (tertiary/aromatic N) is 5. The molecule has 0 aliphatic heterocycles. The van der Waals surface area contributed by atoms with Crippen molar-refractivity contribution in [1.29, 1.82) is 0 Å². The molecular weight excluding hydrogens is 385 g/mol. The lowest BCUT2D eigenvalue weighted by Gasteiger charge is -2.16. The van der Waals surface area contributed by atoms with Crippen molar-refractivity contribution in [1.82, 2.24) is 24.9 Å². The Balaban J connectivity index is 1.68. The molecule has 0 radical (unpaired) electrons. The third kappa shape index (κ3) is 4.64. The van der Waals surface area contributed by atoms with E-state index < -0.39 is 0 Å². The van der Waals surface area contributed by atoms with Crippen molar-refractivity contribution in [2.24, 2.45) is 0 Å².